The number of rotatable bonds is 4. The predicted octanol–water partition coefficient (Wildman–Crippen LogP) is -0.569. The lowest BCUT2D eigenvalue weighted by molar-refractivity contribution is -0.126. The molecule has 0 saturated carbocycles. The Morgan fingerprint density at radius 2 is 2.25 bits per heavy atom. The first-order valence-electron chi connectivity index (χ1n) is 5.70. The maximum absolute atomic E-state index is 11.8. The molecule has 0 radical (unpaired) electrons. The van der Waals surface area contributed by atoms with Gasteiger partial charge >= 0.3 is 0 Å². The number of hydrogen-bond donors (Lipinski definition) is 2. The standard InChI is InChI=1S/C11H23N3O2/c1-11(2,14(3)4)8-13-10(15)9-7-16-6-5-12-9/h9,12H,5-8H2,1-4H3,(H,13,15). The van der Waals surface area contributed by atoms with E-state index in [1.54, 1.807) is 0 Å². The maximum Gasteiger partial charge on any atom is 0.239 e. The van der Waals surface area contributed by atoms with Gasteiger partial charge in [0, 0.05) is 18.6 Å². The van der Waals surface area contributed by atoms with Crippen LogP contribution in [-0.2, 0) is 9.53 Å². The van der Waals surface area contributed by atoms with Crippen LogP contribution in [0.2, 0.25) is 0 Å². The van der Waals surface area contributed by atoms with Crippen LogP contribution in [0.1, 0.15) is 13.8 Å². The number of nitrogens with zero attached hydrogens (tertiary/aromatic N) is 1. The van der Waals surface area contributed by atoms with Crippen molar-refractivity contribution in [3.05, 3.63) is 0 Å². The van der Waals surface area contributed by atoms with Crippen LogP contribution < -0.4 is 10.6 Å². The Hall–Kier alpha value is -0.650. The van der Waals surface area contributed by atoms with Crippen LogP contribution >= 0.6 is 0 Å². The third-order valence-electron chi connectivity index (χ3n) is 3.14. The molecule has 0 aromatic heterocycles. The van der Waals surface area contributed by atoms with Gasteiger partial charge in [0.2, 0.25) is 5.91 Å². The molecule has 16 heavy (non-hydrogen) atoms. The van der Waals surface area contributed by atoms with E-state index in [1.165, 1.54) is 0 Å². The molecule has 5 nitrogen and oxygen atoms in total. The van der Waals surface area contributed by atoms with Crippen molar-refractivity contribution in [2.75, 3.05) is 40.4 Å². The van der Waals surface area contributed by atoms with E-state index in [0.717, 1.165) is 6.54 Å². The summed E-state index contributed by atoms with van der Waals surface area (Å²) in [6.07, 6.45) is 0. The number of nitrogens with one attached hydrogen (secondary N) is 2. The molecule has 1 atom stereocenters. The van der Waals surface area contributed by atoms with Gasteiger partial charge in [0.1, 0.15) is 6.04 Å². The molecule has 0 bridgehead atoms. The van der Waals surface area contributed by atoms with E-state index in [9.17, 15) is 4.79 Å². The molecular formula is C11H23N3O2. The first kappa shape index (κ1) is 13.4. The van der Waals surface area contributed by atoms with Crippen LogP contribution in [-0.4, -0.2) is 62.8 Å². The molecule has 0 aromatic carbocycles. The lowest BCUT2D eigenvalue weighted by atomic mass is 10.0. The van der Waals surface area contributed by atoms with Crippen molar-refractivity contribution >= 4 is 5.91 Å². The van der Waals surface area contributed by atoms with Crippen LogP contribution in [0.4, 0.5) is 0 Å². The summed E-state index contributed by atoms with van der Waals surface area (Å²) in [5, 5.41) is 6.08. The van der Waals surface area contributed by atoms with Crippen molar-refractivity contribution in [2.24, 2.45) is 0 Å². The topological polar surface area (TPSA) is 53.6 Å². The molecule has 2 N–H and O–H groups in total. The minimum absolute atomic E-state index is 0.0228. The molecule has 0 aromatic rings. The monoisotopic (exact) mass is 229 g/mol. The van der Waals surface area contributed by atoms with E-state index in [1.807, 2.05) is 14.1 Å². The second kappa shape index (κ2) is 5.61. The third kappa shape index (κ3) is 3.73. The summed E-state index contributed by atoms with van der Waals surface area (Å²) in [7, 11) is 4.02. The molecule has 1 aliphatic rings. The summed E-state index contributed by atoms with van der Waals surface area (Å²) in [6, 6.07) is -0.202. The first-order chi connectivity index (χ1) is 7.43. The van der Waals surface area contributed by atoms with E-state index in [2.05, 4.69) is 29.4 Å². The molecule has 1 unspecified atom stereocenters. The number of hydrogen-bond acceptors (Lipinski definition) is 4. The van der Waals surface area contributed by atoms with Gasteiger partial charge in [-0.05, 0) is 27.9 Å². The normalized spacial score (nSPS) is 22.2. The van der Waals surface area contributed by atoms with Gasteiger partial charge in [-0.2, -0.15) is 0 Å². The molecule has 1 heterocycles. The number of likely N-dealkylation sites (N-methyl/N-ethyl adjacent to an activating group) is 1. The Balaban J connectivity index is 2.34. The third-order valence-corrected chi connectivity index (χ3v) is 3.14. The smallest absolute Gasteiger partial charge is 0.239 e. The minimum atomic E-state index is -0.202. The zero-order valence-electron chi connectivity index (χ0n) is 10.7. The van der Waals surface area contributed by atoms with Crippen LogP contribution in [0.5, 0.6) is 0 Å². The van der Waals surface area contributed by atoms with Crippen LogP contribution in [0.3, 0.4) is 0 Å². The fourth-order valence-electron chi connectivity index (χ4n) is 1.32. The number of ether oxygens (including phenoxy) is 1. The zero-order valence-corrected chi connectivity index (χ0v) is 10.7. The van der Waals surface area contributed by atoms with Gasteiger partial charge in [-0.1, -0.05) is 0 Å². The van der Waals surface area contributed by atoms with Crippen molar-refractivity contribution < 1.29 is 9.53 Å². The molecule has 94 valence electrons. The first-order valence-corrected chi connectivity index (χ1v) is 5.70. The number of amides is 1. The largest absolute Gasteiger partial charge is 0.378 e. The number of carbonyl (C=O) groups is 1. The predicted molar refractivity (Wildman–Crippen MR) is 63.4 cm³/mol. The summed E-state index contributed by atoms with van der Waals surface area (Å²) in [5.41, 5.74) is -0.0365. The Morgan fingerprint density at radius 1 is 1.56 bits per heavy atom. The van der Waals surface area contributed by atoms with E-state index in [-0.39, 0.29) is 17.5 Å². The highest BCUT2D eigenvalue weighted by molar-refractivity contribution is 5.82. The molecule has 1 saturated heterocycles. The van der Waals surface area contributed by atoms with Crippen LogP contribution in [0, 0.1) is 0 Å². The second-order valence-corrected chi connectivity index (χ2v) is 5.01. The minimum Gasteiger partial charge on any atom is -0.378 e. The van der Waals surface area contributed by atoms with Crippen molar-refractivity contribution in [2.45, 2.75) is 25.4 Å². The fraction of sp³-hybridized carbons (Fsp3) is 0.909. The summed E-state index contributed by atoms with van der Waals surface area (Å²) >= 11 is 0. The van der Waals surface area contributed by atoms with Gasteiger partial charge < -0.3 is 20.3 Å². The van der Waals surface area contributed by atoms with Crippen LogP contribution in [0.15, 0.2) is 0 Å². The highest BCUT2D eigenvalue weighted by Crippen LogP contribution is 2.07. The van der Waals surface area contributed by atoms with Crippen molar-refractivity contribution in [1.29, 1.82) is 0 Å². The van der Waals surface area contributed by atoms with E-state index >= 15 is 0 Å². The van der Waals surface area contributed by atoms with Gasteiger partial charge in [0.05, 0.1) is 13.2 Å². The molecule has 1 amide bonds. The Morgan fingerprint density at radius 3 is 2.75 bits per heavy atom. The quantitative estimate of drug-likeness (QED) is 0.678. The number of carbonyl (C=O) groups excluding carboxylic acids is 1. The average molecular weight is 229 g/mol. The van der Waals surface area contributed by atoms with Gasteiger partial charge in [-0.15, -0.1) is 0 Å². The van der Waals surface area contributed by atoms with E-state index in [0.29, 0.717) is 19.8 Å². The molecule has 0 spiro atoms. The lowest BCUT2D eigenvalue weighted by Crippen LogP contribution is -2.55. The highest BCUT2D eigenvalue weighted by atomic mass is 16.5. The molecule has 1 fully saturated rings. The summed E-state index contributed by atoms with van der Waals surface area (Å²) in [5.74, 6) is 0.0228. The van der Waals surface area contributed by atoms with Crippen LogP contribution in [0.25, 0.3) is 0 Å². The maximum atomic E-state index is 11.8. The summed E-state index contributed by atoms with van der Waals surface area (Å²) in [4.78, 5) is 13.9. The molecule has 0 aliphatic carbocycles. The average Bonchev–Trinajstić information content (AvgIpc) is 2.27. The zero-order chi connectivity index (χ0) is 12.2. The highest BCUT2D eigenvalue weighted by Gasteiger charge is 2.25. The summed E-state index contributed by atoms with van der Waals surface area (Å²) in [6.45, 7) is 6.73. The van der Waals surface area contributed by atoms with Crippen molar-refractivity contribution in [3.8, 4) is 0 Å². The second-order valence-electron chi connectivity index (χ2n) is 5.01. The Kier molecular flexibility index (Phi) is 4.70. The van der Waals surface area contributed by atoms with Gasteiger partial charge in [-0.3, -0.25) is 4.79 Å². The molecular weight excluding hydrogens is 206 g/mol. The molecule has 1 rings (SSSR count). The SMILES string of the molecule is CN(C)C(C)(C)CNC(=O)C1COCCN1. The molecule has 5 heteroatoms. The molecule has 1 aliphatic heterocycles. The summed E-state index contributed by atoms with van der Waals surface area (Å²) < 4.78 is 5.25. The van der Waals surface area contributed by atoms with Crippen molar-refractivity contribution in [3.63, 3.8) is 0 Å². The Bertz CT molecular complexity index is 235. The van der Waals surface area contributed by atoms with E-state index < -0.39 is 0 Å². The Labute approximate surface area is 97.5 Å². The van der Waals surface area contributed by atoms with Gasteiger partial charge in [-0.25, -0.2) is 0 Å². The van der Waals surface area contributed by atoms with Gasteiger partial charge in [0.15, 0.2) is 0 Å². The fourth-order valence-corrected chi connectivity index (χ4v) is 1.32. The number of morpholine rings is 1. The lowest BCUT2D eigenvalue weighted by Gasteiger charge is -2.33. The van der Waals surface area contributed by atoms with Gasteiger partial charge in [0.25, 0.3) is 0 Å². The van der Waals surface area contributed by atoms with E-state index in [4.69, 9.17) is 4.74 Å². The van der Waals surface area contributed by atoms with Crippen molar-refractivity contribution in [1.82, 2.24) is 15.5 Å².